The van der Waals surface area contributed by atoms with Gasteiger partial charge in [0, 0.05) is 5.56 Å². The normalized spacial score (nSPS) is 14.0. The van der Waals surface area contributed by atoms with Crippen LogP contribution in [0.5, 0.6) is 0 Å². The first-order valence-corrected chi connectivity index (χ1v) is 7.86. The van der Waals surface area contributed by atoms with Gasteiger partial charge in [-0.15, -0.1) is 0 Å². The maximum Gasteiger partial charge on any atom is 0.402 e. The van der Waals surface area contributed by atoms with Crippen LogP contribution in [0.1, 0.15) is 35.9 Å². The Labute approximate surface area is 121 Å². The summed E-state index contributed by atoms with van der Waals surface area (Å²) < 4.78 is 49.9. The van der Waals surface area contributed by atoms with Gasteiger partial charge in [-0.05, 0) is 19.4 Å². The van der Waals surface area contributed by atoms with Crippen molar-refractivity contribution in [3.8, 4) is 0 Å². The van der Waals surface area contributed by atoms with Crippen molar-refractivity contribution in [1.82, 2.24) is 0 Å². The summed E-state index contributed by atoms with van der Waals surface area (Å²) in [5, 5.41) is 9.83. The van der Waals surface area contributed by atoms with Crippen LogP contribution in [0.3, 0.4) is 0 Å². The van der Waals surface area contributed by atoms with E-state index in [1.54, 1.807) is 0 Å². The first-order chi connectivity index (χ1) is 9.82. The Balaban J connectivity index is 3.12. The molecule has 1 N–H and O–H groups in total. The number of hydrogen-bond donors (Lipinski definition) is 1. The average Bonchev–Trinajstić information content (AvgIpc) is 2.47. The van der Waals surface area contributed by atoms with Crippen LogP contribution in [0, 0.1) is 0 Å². The predicted molar refractivity (Wildman–Crippen MR) is 72.6 cm³/mol. The standard InChI is InChI=1S/C13H17F2O5P/c1-3-19-21(18,20-4-2)13(14,15)12(17)11-7-5-10(9-16)6-8-11/h5-9,12,17H,3-4H2,1-2H3. The average molecular weight is 322 g/mol. The highest BCUT2D eigenvalue weighted by Crippen LogP contribution is 2.65. The molecule has 1 aromatic rings. The number of halogens is 2. The lowest BCUT2D eigenvalue weighted by Gasteiger charge is -2.29. The van der Waals surface area contributed by atoms with Gasteiger partial charge in [0.15, 0.2) is 6.10 Å². The fourth-order valence-electron chi connectivity index (χ4n) is 1.66. The molecular weight excluding hydrogens is 305 g/mol. The molecule has 8 heteroatoms. The summed E-state index contributed by atoms with van der Waals surface area (Å²) in [6.45, 7) is 2.30. The van der Waals surface area contributed by atoms with Gasteiger partial charge in [-0.3, -0.25) is 9.36 Å². The highest BCUT2D eigenvalue weighted by molar-refractivity contribution is 7.55. The number of alkyl halides is 2. The maximum atomic E-state index is 14.3. The molecule has 1 unspecified atom stereocenters. The second-order valence-corrected chi connectivity index (χ2v) is 6.22. The number of carbonyl (C=O) groups excluding carboxylic acids is 1. The van der Waals surface area contributed by atoms with E-state index in [1.165, 1.54) is 26.0 Å². The van der Waals surface area contributed by atoms with Crippen molar-refractivity contribution >= 4 is 13.9 Å². The van der Waals surface area contributed by atoms with Crippen molar-refractivity contribution < 1.29 is 32.3 Å². The first-order valence-electron chi connectivity index (χ1n) is 6.32. The lowest BCUT2D eigenvalue weighted by Crippen LogP contribution is -2.28. The van der Waals surface area contributed by atoms with E-state index in [0.29, 0.717) is 6.29 Å². The van der Waals surface area contributed by atoms with Gasteiger partial charge >= 0.3 is 13.3 Å². The Kier molecular flexibility index (Phi) is 6.16. The quantitative estimate of drug-likeness (QED) is 0.586. The van der Waals surface area contributed by atoms with Crippen molar-refractivity contribution in [2.24, 2.45) is 0 Å². The molecule has 1 atom stereocenters. The Bertz CT molecular complexity index is 508. The minimum Gasteiger partial charge on any atom is -0.381 e. The second-order valence-electron chi connectivity index (χ2n) is 4.11. The lowest BCUT2D eigenvalue weighted by atomic mass is 10.1. The Morgan fingerprint density at radius 3 is 2.10 bits per heavy atom. The summed E-state index contributed by atoms with van der Waals surface area (Å²) >= 11 is 0. The summed E-state index contributed by atoms with van der Waals surface area (Å²) in [5.41, 5.74) is -4.03. The lowest BCUT2D eigenvalue weighted by molar-refractivity contribution is -0.0676. The van der Waals surface area contributed by atoms with Gasteiger partial charge in [0.05, 0.1) is 13.2 Å². The maximum absolute atomic E-state index is 14.3. The molecule has 118 valence electrons. The molecule has 5 nitrogen and oxygen atoms in total. The molecule has 0 aliphatic heterocycles. The molecule has 0 bridgehead atoms. The number of aliphatic hydroxyl groups excluding tert-OH is 1. The predicted octanol–water partition coefficient (Wildman–Crippen LogP) is 3.39. The van der Waals surface area contributed by atoms with Crippen LogP contribution in [-0.2, 0) is 13.6 Å². The van der Waals surface area contributed by atoms with Gasteiger partial charge in [-0.1, -0.05) is 24.3 Å². The Hall–Kier alpha value is -1.14. The molecule has 21 heavy (non-hydrogen) atoms. The summed E-state index contributed by atoms with van der Waals surface area (Å²) in [6, 6.07) is 4.86. The molecule has 0 saturated heterocycles. The van der Waals surface area contributed by atoms with E-state index in [-0.39, 0.29) is 24.3 Å². The smallest absolute Gasteiger partial charge is 0.381 e. The van der Waals surface area contributed by atoms with Crippen LogP contribution in [0.15, 0.2) is 24.3 Å². The van der Waals surface area contributed by atoms with Gasteiger partial charge in [0.25, 0.3) is 0 Å². The monoisotopic (exact) mass is 322 g/mol. The van der Waals surface area contributed by atoms with E-state index in [4.69, 9.17) is 0 Å². The largest absolute Gasteiger partial charge is 0.402 e. The van der Waals surface area contributed by atoms with Crippen LogP contribution < -0.4 is 0 Å². The van der Waals surface area contributed by atoms with Crippen molar-refractivity contribution in [3.05, 3.63) is 35.4 Å². The Morgan fingerprint density at radius 2 is 1.71 bits per heavy atom. The summed E-state index contributed by atoms with van der Waals surface area (Å²) in [5.74, 6) is 0. The second kappa shape index (κ2) is 7.22. The molecular formula is C13H17F2O5P. The van der Waals surface area contributed by atoms with Crippen LogP contribution in [0.2, 0.25) is 0 Å². The minimum absolute atomic E-state index is 0.190. The number of benzene rings is 1. The number of aldehydes is 1. The van der Waals surface area contributed by atoms with Crippen molar-refractivity contribution in [3.63, 3.8) is 0 Å². The molecule has 0 amide bonds. The van der Waals surface area contributed by atoms with Gasteiger partial charge in [0.1, 0.15) is 6.29 Å². The highest BCUT2D eigenvalue weighted by Gasteiger charge is 2.59. The molecule has 0 spiro atoms. The number of carbonyl (C=O) groups is 1. The third-order valence-corrected chi connectivity index (χ3v) is 4.85. The zero-order chi connectivity index (χ0) is 16.1. The molecule has 0 radical (unpaired) electrons. The van der Waals surface area contributed by atoms with Crippen LogP contribution in [-0.4, -0.2) is 30.3 Å². The van der Waals surface area contributed by atoms with E-state index >= 15 is 0 Å². The van der Waals surface area contributed by atoms with Gasteiger partial charge < -0.3 is 14.2 Å². The van der Waals surface area contributed by atoms with Gasteiger partial charge in [0.2, 0.25) is 0 Å². The van der Waals surface area contributed by atoms with Gasteiger partial charge in [-0.25, -0.2) is 0 Å². The fourth-order valence-corrected chi connectivity index (χ4v) is 3.20. The molecule has 0 aromatic heterocycles. The van der Waals surface area contributed by atoms with Crippen molar-refractivity contribution in [1.29, 1.82) is 0 Å². The fraction of sp³-hybridized carbons (Fsp3) is 0.462. The molecule has 0 heterocycles. The van der Waals surface area contributed by atoms with E-state index in [0.717, 1.165) is 12.1 Å². The number of aliphatic hydroxyl groups is 1. The molecule has 0 fully saturated rings. The zero-order valence-electron chi connectivity index (χ0n) is 11.7. The first kappa shape index (κ1) is 17.9. The van der Waals surface area contributed by atoms with E-state index in [2.05, 4.69) is 9.05 Å². The SMILES string of the molecule is CCOP(=O)(OCC)C(F)(F)C(O)c1ccc(C=O)cc1. The number of rotatable bonds is 8. The summed E-state index contributed by atoms with van der Waals surface area (Å²) in [4.78, 5) is 10.5. The molecule has 1 rings (SSSR count). The Morgan fingerprint density at radius 1 is 1.24 bits per heavy atom. The summed E-state index contributed by atoms with van der Waals surface area (Å²) in [6.07, 6.45) is -1.83. The molecule has 0 aliphatic carbocycles. The van der Waals surface area contributed by atoms with Crippen LogP contribution in [0.4, 0.5) is 8.78 Å². The van der Waals surface area contributed by atoms with E-state index in [9.17, 15) is 23.2 Å². The minimum atomic E-state index is -4.82. The molecule has 0 saturated carbocycles. The molecule has 0 aliphatic rings. The zero-order valence-corrected chi connectivity index (χ0v) is 12.6. The highest BCUT2D eigenvalue weighted by atomic mass is 31.2. The topological polar surface area (TPSA) is 72.8 Å². The van der Waals surface area contributed by atoms with E-state index < -0.39 is 19.4 Å². The third kappa shape index (κ3) is 3.74. The molecule has 1 aromatic carbocycles. The van der Waals surface area contributed by atoms with Crippen LogP contribution in [0.25, 0.3) is 0 Å². The summed E-state index contributed by atoms with van der Waals surface area (Å²) in [7, 11) is -4.82. The number of hydrogen-bond acceptors (Lipinski definition) is 5. The van der Waals surface area contributed by atoms with Crippen molar-refractivity contribution in [2.45, 2.75) is 25.6 Å². The van der Waals surface area contributed by atoms with Crippen LogP contribution >= 0.6 is 7.60 Å². The third-order valence-electron chi connectivity index (χ3n) is 2.68. The van der Waals surface area contributed by atoms with Gasteiger partial charge in [-0.2, -0.15) is 8.78 Å². The van der Waals surface area contributed by atoms with E-state index in [1.807, 2.05) is 0 Å². The van der Waals surface area contributed by atoms with Crippen molar-refractivity contribution in [2.75, 3.05) is 13.2 Å².